The van der Waals surface area contributed by atoms with Gasteiger partial charge in [0, 0.05) is 17.9 Å². The largest absolute Gasteiger partial charge is 0.467 e. The summed E-state index contributed by atoms with van der Waals surface area (Å²) in [5.74, 6) is 0.315. The molecule has 0 bridgehead atoms. The molecule has 2 aliphatic rings. The number of rotatable bonds is 7. The number of carbonyl (C=O) groups is 2. The average Bonchev–Trinajstić information content (AvgIpc) is 3.24. The Morgan fingerprint density at radius 1 is 1.28 bits per heavy atom. The highest BCUT2D eigenvalue weighted by atomic mass is 16.6. The number of aliphatic hydroxyl groups is 2. The van der Waals surface area contributed by atoms with Gasteiger partial charge < -0.3 is 30.0 Å². The lowest BCUT2D eigenvalue weighted by Crippen LogP contribution is -2.61. The van der Waals surface area contributed by atoms with E-state index in [-0.39, 0.29) is 42.2 Å². The fourth-order valence-electron chi connectivity index (χ4n) is 6.05. The normalized spacial score (nSPS) is 34.6. The molecule has 1 aromatic heterocycles. The van der Waals surface area contributed by atoms with Gasteiger partial charge >= 0.3 is 6.09 Å². The Hall–Kier alpha value is -2.06. The zero-order chi connectivity index (χ0) is 23.5. The fraction of sp³-hybridized carbons (Fsp3) is 0.750. The lowest BCUT2D eigenvalue weighted by Gasteiger charge is -2.60. The van der Waals surface area contributed by atoms with E-state index in [0.717, 1.165) is 0 Å². The average molecular weight is 451 g/mol. The number of alkyl carbamates (subject to hydrolysis) is 1. The van der Waals surface area contributed by atoms with Gasteiger partial charge in [-0.2, -0.15) is 0 Å². The molecule has 6 unspecified atom stereocenters. The third-order valence-corrected chi connectivity index (χ3v) is 7.78. The first-order valence-electron chi connectivity index (χ1n) is 11.6. The van der Waals surface area contributed by atoms with Crippen LogP contribution < -0.4 is 10.6 Å². The van der Waals surface area contributed by atoms with Gasteiger partial charge in [-0.1, -0.05) is 13.8 Å². The van der Waals surface area contributed by atoms with E-state index in [4.69, 9.17) is 9.15 Å². The van der Waals surface area contributed by atoms with E-state index in [9.17, 15) is 19.8 Å². The standard InChI is InChI=1S/C24H38N2O6/c1-15(2)26-22(30)32-20-9-10-23(3)17(12-21(29)25-13-16-6-5-11-31-16)18(28)7-8-19(23)24(20,4)14-27/h5-6,11,15,17-20,27-28H,7-10,12-14H2,1-4H3,(H,25,29)(H,26,30). The topological polar surface area (TPSA) is 121 Å². The molecule has 0 aliphatic heterocycles. The Kier molecular flexibility index (Phi) is 7.55. The number of hydrogen-bond donors (Lipinski definition) is 4. The van der Waals surface area contributed by atoms with E-state index < -0.39 is 23.7 Å². The van der Waals surface area contributed by atoms with Gasteiger partial charge in [-0.15, -0.1) is 0 Å². The van der Waals surface area contributed by atoms with Crippen LogP contribution in [0.4, 0.5) is 4.79 Å². The molecule has 2 fully saturated rings. The van der Waals surface area contributed by atoms with Gasteiger partial charge in [0.05, 0.1) is 25.5 Å². The molecular formula is C24H38N2O6. The highest BCUT2D eigenvalue weighted by Gasteiger charge is 2.60. The molecular weight excluding hydrogens is 412 g/mol. The Bertz CT molecular complexity index is 781. The van der Waals surface area contributed by atoms with Crippen molar-refractivity contribution in [3.8, 4) is 0 Å². The highest BCUT2D eigenvalue weighted by Crippen LogP contribution is 2.61. The van der Waals surface area contributed by atoms with Crippen LogP contribution in [0.25, 0.3) is 0 Å². The second kappa shape index (κ2) is 9.83. The summed E-state index contributed by atoms with van der Waals surface area (Å²) in [6.45, 7) is 8.00. The van der Waals surface area contributed by atoms with Crippen LogP contribution in [0.2, 0.25) is 0 Å². The maximum absolute atomic E-state index is 12.7. The molecule has 1 heterocycles. The quantitative estimate of drug-likeness (QED) is 0.507. The lowest BCUT2D eigenvalue weighted by atomic mass is 9.46. The van der Waals surface area contributed by atoms with Gasteiger partial charge in [0.15, 0.2) is 0 Å². The van der Waals surface area contributed by atoms with Crippen LogP contribution in [0.5, 0.6) is 0 Å². The minimum absolute atomic E-state index is 0.0110. The van der Waals surface area contributed by atoms with E-state index in [2.05, 4.69) is 17.6 Å². The van der Waals surface area contributed by atoms with E-state index in [1.54, 1.807) is 18.4 Å². The van der Waals surface area contributed by atoms with Gasteiger partial charge in [0.2, 0.25) is 5.91 Å². The molecule has 2 saturated carbocycles. The van der Waals surface area contributed by atoms with Gasteiger partial charge in [0.1, 0.15) is 11.9 Å². The maximum atomic E-state index is 12.7. The molecule has 0 aromatic carbocycles. The van der Waals surface area contributed by atoms with Crippen molar-refractivity contribution in [3.63, 3.8) is 0 Å². The first-order chi connectivity index (χ1) is 15.1. The summed E-state index contributed by atoms with van der Waals surface area (Å²) in [6.07, 6.45) is 2.83. The van der Waals surface area contributed by atoms with Gasteiger partial charge in [-0.05, 0) is 68.9 Å². The van der Waals surface area contributed by atoms with Crippen LogP contribution in [-0.4, -0.2) is 47.1 Å². The monoisotopic (exact) mass is 450 g/mol. The second-order valence-electron chi connectivity index (χ2n) is 10.3. The van der Waals surface area contributed by atoms with Gasteiger partial charge in [-0.25, -0.2) is 4.79 Å². The highest BCUT2D eigenvalue weighted by molar-refractivity contribution is 5.76. The third kappa shape index (κ3) is 4.96. The lowest BCUT2D eigenvalue weighted by molar-refractivity contribution is -0.186. The minimum Gasteiger partial charge on any atom is -0.467 e. The van der Waals surface area contributed by atoms with E-state index in [1.807, 2.05) is 20.8 Å². The van der Waals surface area contributed by atoms with Crippen molar-refractivity contribution in [1.29, 1.82) is 0 Å². The molecule has 6 atom stereocenters. The van der Waals surface area contributed by atoms with E-state index >= 15 is 0 Å². The summed E-state index contributed by atoms with van der Waals surface area (Å²) in [4.78, 5) is 25.0. The first-order valence-corrected chi connectivity index (χ1v) is 11.6. The molecule has 2 amide bonds. The van der Waals surface area contributed by atoms with Crippen LogP contribution in [0.1, 0.15) is 65.6 Å². The Balaban J connectivity index is 1.74. The first kappa shape index (κ1) is 24.6. The summed E-state index contributed by atoms with van der Waals surface area (Å²) in [5, 5.41) is 26.9. The molecule has 2 aliphatic carbocycles. The molecule has 0 spiro atoms. The van der Waals surface area contributed by atoms with Crippen molar-refractivity contribution >= 4 is 12.0 Å². The van der Waals surface area contributed by atoms with Crippen LogP contribution in [0.3, 0.4) is 0 Å². The summed E-state index contributed by atoms with van der Waals surface area (Å²) < 4.78 is 11.0. The Morgan fingerprint density at radius 3 is 2.66 bits per heavy atom. The molecule has 8 heteroatoms. The minimum atomic E-state index is -0.648. The van der Waals surface area contributed by atoms with Crippen molar-refractivity contribution in [3.05, 3.63) is 24.2 Å². The van der Waals surface area contributed by atoms with Gasteiger partial charge in [-0.3, -0.25) is 4.79 Å². The predicted octanol–water partition coefficient (Wildman–Crippen LogP) is 2.97. The summed E-state index contributed by atoms with van der Waals surface area (Å²) in [7, 11) is 0. The summed E-state index contributed by atoms with van der Waals surface area (Å²) in [6, 6.07) is 3.54. The molecule has 4 N–H and O–H groups in total. The number of carbonyl (C=O) groups excluding carboxylic acids is 2. The van der Waals surface area contributed by atoms with Crippen molar-refractivity contribution in [2.45, 2.75) is 84.6 Å². The van der Waals surface area contributed by atoms with Crippen LogP contribution in [0.15, 0.2) is 22.8 Å². The number of ether oxygens (including phenoxy) is 1. The number of furan rings is 1. The van der Waals surface area contributed by atoms with Crippen LogP contribution in [-0.2, 0) is 16.1 Å². The Labute approximate surface area is 190 Å². The number of nitrogens with one attached hydrogen (secondary N) is 2. The van der Waals surface area contributed by atoms with Crippen molar-refractivity contribution in [2.75, 3.05) is 6.61 Å². The summed E-state index contributed by atoms with van der Waals surface area (Å²) >= 11 is 0. The van der Waals surface area contributed by atoms with E-state index in [1.165, 1.54) is 0 Å². The molecule has 0 radical (unpaired) electrons. The molecule has 180 valence electrons. The number of fused-ring (bicyclic) bond motifs is 1. The predicted molar refractivity (Wildman–Crippen MR) is 118 cm³/mol. The summed E-state index contributed by atoms with van der Waals surface area (Å²) in [5.41, 5.74) is -1.00. The molecule has 8 nitrogen and oxygen atoms in total. The number of hydrogen-bond acceptors (Lipinski definition) is 6. The number of amides is 2. The van der Waals surface area contributed by atoms with Crippen molar-refractivity contribution in [1.82, 2.24) is 10.6 Å². The van der Waals surface area contributed by atoms with Crippen LogP contribution in [0, 0.1) is 22.7 Å². The van der Waals surface area contributed by atoms with Crippen LogP contribution >= 0.6 is 0 Å². The van der Waals surface area contributed by atoms with Crippen molar-refractivity contribution in [2.24, 2.45) is 22.7 Å². The molecule has 3 rings (SSSR count). The smallest absolute Gasteiger partial charge is 0.407 e. The molecule has 0 saturated heterocycles. The maximum Gasteiger partial charge on any atom is 0.407 e. The Morgan fingerprint density at radius 2 is 2.03 bits per heavy atom. The molecule has 32 heavy (non-hydrogen) atoms. The second-order valence-corrected chi connectivity index (χ2v) is 10.3. The van der Waals surface area contributed by atoms with Gasteiger partial charge in [0.25, 0.3) is 0 Å². The molecule has 1 aromatic rings. The number of aliphatic hydroxyl groups excluding tert-OH is 2. The van der Waals surface area contributed by atoms with E-state index in [0.29, 0.717) is 38.0 Å². The van der Waals surface area contributed by atoms with Crippen molar-refractivity contribution < 1.29 is 29.0 Å². The zero-order valence-corrected chi connectivity index (χ0v) is 19.6. The third-order valence-electron chi connectivity index (χ3n) is 7.78. The zero-order valence-electron chi connectivity index (χ0n) is 19.6. The SMILES string of the molecule is CC(C)NC(=O)OC1CCC2(C)C(CC(=O)NCc3ccco3)C(O)CCC2C1(C)CO. The fourth-order valence-corrected chi connectivity index (χ4v) is 6.05.